The predicted molar refractivity (Wildman–Crippen MR) is 57.6 cm³/mol. The van der Waals surface area contributed by atoms with Gasteiger partial charge in [0.15, 0.2) is 0 Å². The van der Waals surface area contributed by atoms with E-state index in [-0.39, 0.29) is 5.82 Å². The van der Waals surface area contributed by atoms with Crippen molar-refractivity contribution in [3.8, 4) is 0 Å². The monoisotopic (exact) mass is 253 g/mol. The van der Waals surface area contributed by atoms with Crippen LogP contribution in [0.25, 0.3) is 0 Å². The fourth-order valence-electron chi connectivity index (χ4n) is 1.34. The Morgan fingerprint density at radius 3 is 2.64 bits per heavy atom. The van der Waals surface area contributed by atoms with Crippen molar-refractivity contribution in [2.75, 3.05) is 0 Å². The van der Waals surface area contributed by atoms with Gasteiger partial charge in [0.25, 0.3) is 0 Å². The minimum atomic E-state index is -0.199. The zero-order valence-corrected chi connectivity index (χ0v) is 9.04. The molecule has 0 aliphatic carbocycles. The summed E-state index contributed by atoms with van der Waals surface area (Å²) in [6, 6.07) is 8.63. The average molecular weight is 254 g/mol. The lowest BCUT2D eigenvalue weighted by molar-refractivity contribution is 0.623. The Labute approximate surface area is 90.3 Å². The van der Waals surface area contributed by atoms with Gasteiger partial charge < -0.3 is 4.57 Å². The van der Waals surface area contributed by atoms with Gasteiger partial charge in [0, 0.05) is 23.4 Å². The van der Waals surface area contributed by atoms with Crippen LogP contribution in [-0.4, -0.2) is 4.57 Å². The number of aromatic nitrogens is 1. The Balaban J connectivity index is 2.28. The first-order chi connectivity index (χ1) is 6.75. The van der Waals surface area contributed by atoms with Crippen molar-refractivity contribution in [3.05, 3.63) is 58.6 Å². The molecule has 0 aliphatic heterocycles. The topological polar surface area (TPSA) is 4.93 Å². The SMILES string of the molecule is Fc1ccc(Br)c(Cn2cccc2)c1. The van der Waals surface area contributed by atoms with E-state index in [0.29, 0.717) is 6.54 Å². The van der Waals surface area contributed by atoms with Crippen molar-refractivity contribution in [2.45, 2.75) is 6.54 Å². The van der Waals surface area contributed by atoms with Crippen molar-refractivity contribution < 1.29 is 4.39 Å². The lowest BCUT2D eigenvalue weighted by Gasteiger charge is -2.05. The van der Waals surface area contributed by atoms with E-state index in [1.165, 1.54) is 6.07 Å². The number of hydrogen-bond acceptors (Lipinski definition) is 0. The van der Waals surface area contributed by atoms with Crippen LogP contribution < -0.4 is 0 Å². The molecule has 72 valence electrons. The third-order valence-electron chi connectivity index (χ3n) is 2.03. The van der Waals surface area contributed by atoms with Crippen LogP contribution in [0.1, 0.15) is 5.56 Å². The van der Waals surface area contributed by atoms with Crippen molar-refractivity contribution in [3.63, 3.8) is 0 Å². The molecule has 14 heavy (non-hydrogen) atoms. The number of rotatable bonds is 2. The van der Waals surface area contributed by atoms with E-state index in [1.54, 1.807) is 12.1 Å². The van der Waals surface area contributed by atoms with E-state index < -0.39 is 0 Å². The van der Waals surface area contributed by atoms with Crippen LogP contribution in [0.5, 0.6) is 0 Å². The standard InChI is InChI=1S/C11H9BrFN/c12-11-4-3-10(13)7-9(11)8-14-5-1-2-6-14/h1-7H,8H2. The normalized spacial score (nSPS) is 10.4. The molecule has 0 saturated heterocycles. The van der Waals surface area contributed by atoms with Gasteiger partial charge in [-0.2, -0.15) is 0 Å². The Bertz CT molecular complexity index is 423. The summed E-state index contributed by atoms with van der Waals surface area (Å²) in [5.41, 5.74) is 0.946. The van der Waals surface area contributed by atoms with Crippen LogP contribution in [0.2, 0.25) is 0 Å². The first kappa shape index (κ1) is 9.46. The van der Waals surface area contributed by atoms with Gasteiger partial charge >= 0.3 is 0 Å². The summed E-state index contributed by atoms with van der Waals surface area (Å²) in [7, 11) is 0. The quantitative estimate of drug-likeness (QED) is 0.773. The van der Waals surface area contributed by atoms with Crippen LogP contribution in [0.4, 0.5) is 4.39 Å². The second-order valence-corrected chi connectivity index (χ2v) is 3.95. The molecule has 0 amide bonds. The third-order valence-corrected chi connectivity index (χ3v) is 2.80. The highest BCUT2D eigenvalue weighted by Crippen LogP contribution is 2.18. The largest absolute Gasteiger partial charge is 0.350 e. The molecule has 0 saturated carbocycles. The highest BCUT2D eigenvalue weighted by atomic mass is 79.9. The molecular weight excluding hydrogens is 245 g/mol. The Kier molecular flexibility index (Phi) is 2.68. The summed E-state index contributed by atoms with van der Waals surface area (Å²) in [5, 5.41) is 0. The Morgan fingerprint density at radius 1 is 1.21 bits per heavy atom. The molecule has 0 bridgehead atoms. The molecule has 2 rings (SSSR count). The van der Waals surface area contributed by atoms with Crippen LogP contribution in [-0.2, 0) is 6.54 Å². The van der Waals surface area contributed by atoms with Crippen LogP contribution in [0.3, 0.4) is 0 Å². The average Bonchev–Trinajstić information content (AvgIpc) is 2.64. The van der Waals surface area contributed by atoms with Crippen molar-refractivity contribution in [1.29, 1.82) is 0 Å². The van der Waals surface area contributed by atoms with Gasteiger partial charge in [0.05, 0.1) is 0 Å². The second-order valence-electron chi connectivity index (χ2n) is 3.09. The van der Waals surface area contributed by atoms with Crippen molar-refractivity contribution in [1.82, 2.24) is 4.57 Å². The van der Waals surface area contributed by atoms with Gasteiger partial charge in [0.2, 0.25) is 0 Å². The number of nitrogens with zero attached hydrogens (tertiary/aromatic N) is 1. The highest BCUT2D eigenvalue weighted by molar-refractivity contribution is 9.10. The molecule has 0 spiro atoms. The molecule has 1 aromatic heterocycles. The molecular formula is C11H9BrFN. The Hall–Kier alpha value is -1.09. The molecule has 0 fully saturated rings. The summed E-state index contributed by atoms with van der Waals surface area (Å²) in [4.78, 5) is 0. The first-order valence-corrected chi connectivity index (χ1v) is 5.10. The molecule has 0 N–H and O–H groups in total. The van der Waals surface area contributed by atoms with E-state index in [1.807, 2.05) is 29.1 Å². The van der Waals surface area contributed by atoms with Crippen molar-refractivity contribution >= 4 is 15.9 Å². The van der Waals surface area contributed by atoms with Crippen LogP contribution >= 0.6 is 15.9 Å². The van der Waals surface area contributed by atoms with Gasteiger partial charge in [-0.25, -0.2) is 4.39 Å². The van der Waals surface area contributed by atoms with Gasteiger partial charge in [-0.1, -0.05) is 15.9 Å². The minimum Gasteiger partial charge on any atom is -0.350 e. The number of halogens is 2. The van der Waals surface area contributed by atoms with Gasteiger partial charge in [-0.15, -0.1) is 0 Å². The van der Waals surface area contributed by atoms with E-state index in [4.69, 9.17) is 0 Å². The summed E-state index contributed by atoms with van der Waals surface area (Å²) < 4.78 is 15.9. The lowest BCUT2D eigenvalue weighted by atomic mass is 10.2. The van der Waals surface area contributed by atoms with Gasteiger partial charge in [0.1, 0.15) is 5.82 Å². The molecule has 1 nitrogen and oxygen atoms in total. The predicted octanol–water partition coefficient (Wildman–Crippen LogP) is 3.44. The van der Waals surface area contributed by atoms with Gasteiger partial charge in [-0.05, 0) is 35.9 Å². The van der Waals surface area contributed by atoms with E-state index >= 15 is 0 Å². The first-order valence-electron chi connectivity index (χ1n) is 4.30. The van der Waals surface area contributed by atoms with Crippen molar-refractivity contribution in [2.24, 2.45) is 0 Å². The zero-order chi connectivity index (χ0) is 9.97. The summed E-state index contributed by atoms with van der Waals surface area (Å²) in [6.07, 6.45) is 3.91. The third kappa shape index (κ3) is 2.04. The fraction of sp³-hybridized carbons (Fsp3) is 0.0909. The maximum Gasteiger partial charge on any atom is 0.123 e. The molecule has 0 radical (unpaired) electrons. The summed E-state index contributed by atoms with van der Waals surface area (Å²) in [6.45, 7) is 0.686. The zero-order valence-electron chi connectivity index (χ0n) is 7.45. The fourth-order valence-corrected chi connectivity index (χ4v) is 1.71. The number of hydrogen-bond donors (Lipinski definition) is 0. The maximum absolute atomic E-state index is 12.9. The highest BCUT2D eigenvalue weighted by Gasteiger charge is 2.01. The molecule has 1 heterocycles. The van der Waals surface area contributed by atoms with E-state index in [0.717, 1.165) is 10.0 Å². The minimum absolute atomic E-state index is 0.199. The lowest BCUT2D eigenvalue weighted by Crippen LogP contribution is -1.97. The summed E-state index contributed by atoms with van der Waals surface area (Å²) in [5.74, 6) is -0.199. The van der Waals surface area contributed by atoms with Crippen LogP contribution in [0, 0.1) is 5.82 Å². The van der Waals surface area contributed by atoms with E-state index in [9.17, 15) is 4.39 Å². The second kappa shape index (κ2) is 3.96. The molecule has 3 heteroatoms. The van der Waals surface area contributed by atoms with Crippen LogP contribution in [0.15, 0.2) is 47.2 Å². The smallest absolute Gasteiger partial charge is 0.123 e. The number of benzene rings is 1. The molecule has 0 unspecified atom stereocenters. The van der Waals surface area contributed by atoms with E-state index in [2.05, 4.69) is 15.9 Å². The molecule has 1 aromatic carbocycles. The maximum atomic E-state index is 12.9. The van der Waals surface area contributed by atoms with Gasteiger partial charge in [-0.3, -0.25) is 0 Å². The molecule has 0 aliphatic rings. The Morgan fingerprint density at radius 2 is 1.93 bits per heavy atom. The molecule has 0 atom stereocenters. The molecule has 2 aromatic rings. The summed E-state index contributed by atoms with van der Waals surface area (Å²) >= 11 is 3.40.